The van der Waals surface area contributed by atoms with E-state index < -0.39 is 10.0 Å². The van der Waals surface area contributed by atoms with E-state index in [-0.39, 0.29) is 10.8 Å². The molecule has 0 spiro atoms. The van der Waals surface area contributed by atoms with Crippen molar-refractivity contribution in [3.05, 3.63) is 65.2 Å². The van der Waals surface area contributed by atoms with Gasteiger partial charge in [-0.15, -0.1) is 0 Å². The summed E-state index contributed by atoms with van der Waals surface area (Å²) in [6.07, 6.45) is 4.64. The molecule has 1 saturated heterocycles. The van der Waals surface area contributed by atoms with Gasteiger partial charge in [-0.3, -0.25) is 4.79 Å². The number of piperidine rings is 1. The van der Waals surface area contributed by atoms with Gasteiger partial charge in [-0.25, -0.2) is 13.6 Å². The van der Waals surface area contributed by atoms with Crippen molar-refractivity contribution in [2.24, 2.45) is 11.1 Å². The topological polar surface area (TPSA) is 80.5 Å². The zero-order valence-corrected chi connectivity index (χ0v) is 17.1. The van der Waals surface area contributed by atoms with Crippen molar-refractivity contribution in [1.29, 1.82) is 0 Å². The molecule has 1 amide bonds. The molecule has 5 nitrogen and oxygen atoms in total. The molecule has 0 aliphatic carbocycles. The van der Waals surface area contributed by atoms with E-state index in [0.717, 1.165) is 37.9 Å². The van der Waals surface area contributed by atoms with Crippen molar-refractivity contribution < 1.29 is 13.2 Å². The number of aryl methyl sites for hydroxylation is 2. The Morgan fingerprint density at radius 1 is 1.00 bits per heavy atom. The highest BCUT2D eigenvalue weighted by atomic mass is 32.2. The highest BCUT2D eigenvalue weighted by Crippen LogP contribution is 2.23. The lowest BCUT2D eigenvalue weighted by molar-refractivity contribution is -0.131. The largest absolute Gasteiger partial charge is 0.342 e. The number of carbonyl (C=O) groups is 1. The number of primary sulfonamides is 1. The van der Waals surface area contributed by atoms with Crippen LogP contribution in [0, 0.1) is 12.8 Å². The molecule has 3 rings (SSSR count). The van der Waals surface area contributed by atoms with Crippen molar-refractivity contribution in [2.45, 2.75) is 43.9 Å². The fraction of sp³-hybridized carbons (Fsp3) is 0.409. The number of amides is 1. The summed E-state index contributed by atoms with van der Waals surface area (Å²) in [7, 11) is -3.70. The van der Waals surface area contributed by atoms with Gasteiger partial charge in [0.25, 0.3) is 0 Å². The minimum atomic E-state index is -3.70. The smallest absolute Gasteiger partial charge is 0.238 e. The quantitative estimate of drug-likeness (QED) is 0.809. The molecule has 0 saturated carbocycles. The molecular formula is C22H28N2O3S. The summed E-state index contributed by atoms with van der Waals surface area (Å²) in [6, 6.07) is 14.9. The molecule has 0 aromatic heterocycles. The Morgan fingerprint density at radius 3 is 2.14 bits per heavy atom. The number of carbonyl (C=O) groups excluding carboxylic acids is 1. The van der Waals surface area contributed by atoms with E-state index in [1.54, 1.807) is 12.1 Å². The van der Waals surface area contributed by atoms with E-state index in [9.17, 15) is 13.2 Å². The summed E-state index contributed by atoms with van der Waals surface area (Å²) < 4.78 is 22.6. The number of rotatable bonds is 6. The van der Waals surface area contributed by atoms with Crippen LogP contribution in [0.1, 0.15) is 36.0 Å². The van der Waals surface area contributed by atoms with Crippen molar-refractivity contribution in [1.82, 2.24) is 4.90 Å². The van der Waals surface area contributed by atoms with Crippen LogP contribution in [-0.2, 0) is 27.7 Å². The molecule has 150 valence electrons. The number of hydrogen-bond donors (Lipinski definition) is 1. The molecule has 0 unspecified atom stereocenters. The molecule has 2 aromatic rings. The van der Waals surface area contributed by atoms with Crippen LogP contribution in [0.25, 0.3) is 0 Å². The number of likely N-dealkylation sites (tertiary alicyclic amines) is 1. The number of nitrogens with zero attached hydrogens (tertiary/aromatic N) is 1. The van der Waals surface area contributed by atoms with E-state index in [1.807, 2.05) is 4.90 Å². The lowest BCUT2D eigenvalue weighted by atomic mass is 9.90. The van der Waals surface area contributed by atoms with Crippen LogP contribution < -0.4 is 5.14 Å². The lowest BCUT2D eigenvalue weighted by Gasteiger charge is -2.32. The molecule has 1 fully saturated rings. The van der Waals surface area contributed by atoms with E-state index in [0.29, 0.717) is 12.3 Å². The highest BCUT2D eigenvalue weighted by molar-refractivity contribution is 7.89. The molecule has 0 bridgehead atoms. The average Bonchev–Trinajstić information content (AvgIpc) is 2.67. The summed E-state index contributed by atoms with van der Waals surface area (Å²) >= 11 is 0. The third-order valence-electron chi connectivity index (χ3n) is 5.54. The van der Waals surface area contributed by atoms with Gasteiger partial charge in [-0.1, -0.05) is 42.0 Å². The fourth-order valence-corrected chi connectivity index (χ4v) is 4.20. The van der Waals surface area contributed by atoms with Gasteiger partial charge < -0.3 is 4.90 Å². The van der Waals surface area contributed by atoms with Crippen LogP contribution >= 0.6 is 0 Å². The Labute approximate surface area is 167 Å². The maximum atomic E-state index is 12.6. The standard InChI is InChI=1S/C22H28N2O3S/c1-17-2-4-18(5-3-17)6-7-19-12-14-24(15-13-19)22(25)16-20-8-10-21(11-9-20)28(23,26)27/h2-5,8-11,19H,6-7,12-16H2,1H3,(H2,23,26,27). The third kappa shape index (κ3) is 5.66. The van der Waals surface area contributed by atoms with Crippen molar-refractivity contribution >= 4 is 15.9 Å². The van der Waals surface area contributed by atoms with E-state index >= 15 is 0 Å². The number of benzene rings is 2. The molecule has 2 aromatic carbocycles. The van der Waals surface area contributed by atoms with E-state index in [4.69, 9.17) is 5.14 Å². The van der Waals surface area contributed by atoms with Gasteiger partial charge in [0.2, 0.25) is 15.9 Å². The van der Waals surface area contributed by atoms with Gasteiger partial charge in [0.15, 0.2) is 0 Å². The summed E-state index contributed by atoms with van der Waals surface area (Å²) in [5.41, 5.74) is 3.47. The molecule has 1 aliphatic rings. The Bertz CT molecular complexity index is 898. The highest BCUT2D eigenvalue weighted by Gasteiger charge is 2.22. The molecule has 0 radical (unpaired) electrons. The second-order valence-electron chi connectivity index (χ2n) is 7.71. The Hall–Kier alpha value is -2.18. The first-order valence-electron chi connectivity index (χ1n) is 9.76. The van der Waals surface area contributed by atoms with Crippen molar-refractivity contribution in [3.63, 3.8) is 0 Å². The summed E-state index contributed by atoms with van der Waals surface area (Å²) in [4.78, 5) is 14.5. The zero-order valence-electron chi connectivity index (χ0n) is 16.3. The first-order valence-corrected chi connectivity index (χ1v) is 11.3. The van der Waals surface area contributed by atoms with Gasteiger partial charge in [0, 0.05) is 13.1 Å². The van der Waals surface area contributed by atoms with Gasteiger partial charge in [-0.2, -0.15) is 0 Å². The number of sulfonamides is 1. The van der Waals surface area contributed by atoms with E-state index in [1.165, 1.54) is 29.7 Å². The molecule has 2 N–H and O–H groups in total. The zero-order chi connectivity index (χ0) is 20.1. The minimum Gasteiger partial charge on any atom is -0.342 e. The summed E-state index contributed by atoms with van der Waals surface area (Å²) in [5, 5.41) is 5.10. The van der Waals surface area contributed by atoms with Crippen LogP contribution in [0.5, 0.6) is 0 Å². The SMILES string of the molecule is Cc1ccc(CCC2CCN(C(=O)Cc3ccc(S(N)(=O)=O)cc3)CC2)cc1. The lowest BCUT2D eigenvalue weighted by Crippen LogP contribution is -2.39. The minimum absolute atomic E-state index is 0.0677. The Balaban J connectivity index is 1.45. The summed E-state index contributed by atoms with van der Waals surface area (Å²) in [6.45, 7) is 3.70. The molecule has 28 heavy (non-hydrogen) atoms. The molecule has 6 heteroatoms. The van der Waals surface area contributed by atoms with Crippen LogP contribution in [0.4, 0.5) is 0 Å². The van der Waals surface area contributed by atoms with Crippen molar-refractivity contribution in [3.8, 4) is 0 Å². The predicted molar refractivity (Wildman–Crippen MR) is 110 cm³/mol. The van der Waals surface area contributed by atoms with Gasteiger partial charge in [0.1, 0.15) is 0 Å². The number of nitrogens with two attached hydrogens (primary N) is 1. The first-order chi connectivity index (χ1) is 13.3. The van der Waals surface area contributed by atoms with Crippen LogP contribution in [-0.4, -0.2) is 32.3 Å². The second kappa shape index (κ2) is 8.88. The van der Waals surface area contributed by atoms with E-state index in [2.05, 4.69) is 31.2 Å². The fourth-order valence-electron chi connectivity index (χ4n) is 3.68. The van der Waals surface area contributed by atoms with Gasteiger partial charge in [-0.05, 0) is 61.8 Å². The molecule has 0 atom stereocenters. The average molecular weight is 401 g/mol. The monoisotopic (exact) mass is 400 g/mol. The Morgan fingerprint density at radius 2 is 1.57 bits per heavy atom. The van der Waals surface area contributed by atoms with Crippen molar-refractivity contribution in [2.75, 3.05) is 13.1 Å². The molecular weight excluding hydrogens is 372 g/mol. The van der Waals surface area contributed by atoms with Gasteiger partial charge >= 0.3 is 0 Å². The first kappa shape index (κ1) is 20.6. The summed E-state index contributed by atoms with van der Waals surface area (Å²) in [5.74, 6) is 0.764. The maximum Gasteiger partial charge on any atom is 0.238 e. The second-order valence-corrected chi connectivity index (χ2v) is 9.28. The predicted octanol–water partition coefficient (Wildman–Crippen LogP) is 3.06. The Kier molecular flexibility index (Phi) is 6.52. The molecule has 1 aliphatic heterocycles. The van der Waals surface area contributed by atoms with Crippen LogP contribution in [0.15, 0.2) is 53.4 Å². The maximum absolute atomic E-state index is 12.6. The normalized spacial score (nSPS) is 15.6. The van der Waals surface area contributed by atoms with Crippen LogP contribution in [0.3, 0.4) is 0 Å². The van der Waals surface area contributed by atoms with Gasteiger partial charge in [0.05, 0.1) is 11.3 Å². The number of hydrogen-bond acceptors (Lipinski definition) is 3. The molecule has 1 heterocycles. The third-order valence-corrected chi connectivity index (χ3v) is 6.47. The van der Waals surface area contributed by atoms with Crippen LogP contribution in [0.2, 0.25) is 0 Å².